The highest BCUT2D eigenvalue weighted by Gasteiger charge is 2.27. The standard InChI is InChI=1S/C9H12BrN3O3S2/c10-8-5-7(6-17-8)9(14)12-1-3-13(4-2-12)18(11,15)16/h5-6H,1-4H2,(H2,11,15,16). The Hall–Kier alpha value is -0.480. The first-order valence-corrected chi connectivity index (χ1v) is 8.36. The van der Waals surface area contributed by atoms with Crippen LogP contribution in [0.15, 0.2) is 15.2 Å². The first kappa shape index (κ1) is 13.9. The van der Waals surface area contributed by atoms with E-state index in [2.05, 4.69) is 15.9 Å². The number of halogens is 1. The van der Waals surface area contributed by atoms with Crippen molar-refractivity contribution >= 4 is 43.4 Å². The highest BCUT2D eigenvalue weighted by atomic mass is 79.9. The van der Waals surface area contributed by atoms with Crippen LogP contribution in [0, 0.1) is 0 Å². The minimum absolute atomic E-state index is 0.0778. The van der Waals surface area contributed by atoms with E-state index in [0.717, 1.165) is 3.79 Å². The van der Waals surface area contributed by atoms with Gasteiger partial charge in [-0.25, -0.2) is 5.14 Å². The SMILES string of the molecule is NS(=O)(=O)N1CCN(C(=O)c2csc(Br)c2)CC1. The predicted octanol–water partition coefficient (Wildman–Crippen LogP) is 0.472. The van der Waals surface area contributed by atoms with Crippen LogP contribution in [0.4, 0.5) is 0 Å². The lowest BCUT2D eigenvalue weighted by Gasteiger charge is -2.32. The van der Waals surface area contributed by atoms with Gasteiger partial charge in [-0.3, -0.25) is 4.79 Å². The van der Waals surface area contributed by atoms with Crippen LogP contribution >= 0.6 is 27.3 Å². The van der Waals surface area contributed by atoms with Crippen LogP contribution in [0.2, 0.25) is 0 Å². The van der Waals surface area contributed by atoms with Gasteiger partial charge in [0.1, 0.15) is 0 Å². The molecule has 2 rings (SSSR count). The van der Waals surface area contributed by atoms with Crippen molar-refractivity contribution in [1.82, 2.24) is 9.21 Å². The molecule has 1 aliphatic heterocycles. The van der Waals surface area contributed by atoms with Gasteiger partial charge in [-0.2, -0.15) is 12.7 Å². The number of piperazine rings is 1. The van der Waals surface area contributed by atoms with Crippen molar-refractivity contribution in [3.05, 3.63) is 20.8 Å². The van der Waals surface area contributed by atoms with E-state index in [-0.39, 0.29) is 19.0 Å². The fourth-order valence-corrected chi connectivity index (χ4v) is 3.55. The molecule has 1 saturated heterocycles. The number of hydrogen-bond donors (Lipinski definition) is 1. The van der Waals surface area contributed by atoms with Gasteiger partial charge in [0.15, 0.2) is 0 Å². The third-order valence-electron chi connectivity index (χ3n) is 2.70. The van der Waals surface area contributed by atoms with Crippen molar-refractivity contribution in [1.29, 1.82) is 0 Å². The highest BCUT2D eigenvalue weighted by Crippen LogP contribution is 2.22. The average Bonchev–Trinajstić information content (AvgIpc) is 2.74. The molecule has 0 atom stereocenters. The maximum atomic E-state index is 12.1. The lowest BCUT2D eigenvalue weighted by Crippen LogP contribution is -2.52. The number of thiophene rings is 1. The molecule has 0 unspecified atom stereocenters. The summed E-state index contributed by atoms with van der Waals surface area (Å²) in [5.41, 5.74) is 0.621. The number of hydrogen-bond acceptors (Lipinski definition) is 4. The third-order valence-corrected chi connectivity index (χ3v) is 5.29. The van der Waals surface area contributed by atoms with E-state index in [1.54, 1.807) is 16.3 Å². The zero-order chi connectivity index (χ0) is 13.3. The Kier molecular flexibility index (Phi) is 4.07. The van der Waals surface area contributed by atoms with Gasteiger partial charge in [-0.1, -0.05) is 0 Å². The third kappa shape index (κ3) is 3.09. The molecule has 0 radical (unpaired) electrons. The van der Waals surface area contributed by atoms with Gasteiger partial charge < -0.3 is 4.90 Å². The van der Waals surface area contributed by atoms with Crippen molar-refractivity contribution in [2.24, 2.45) is 5.14 Å². The maximum Gasteiger partial charge on any atom is 0.277 e. The number of nitrogens with zero attached hydrogens (tertiary/aromatic N) is 2. The molecule has 9 heteroatoms. The lowest BCUT2D eigenvalue weighted by molar-refractivity contribution is 0.0698. The summed E-state index contributed by atoms with van der Waals surface area (Å²) < 4.78 is 24.3. The Morgan fingerprint density at radius 1 is 1.33 bits per heavy atom. The van der Waals surface area contributed by atoms with Crippen LogP contribution in [0.1, 0.15) is 10.4 Å². The van der Waals surface area contributed by atoms with Crippen LogP contribution in [0.5, 0.6) is 0 Å². The molecule has 1 aromatic rings. The molecule has 1 aromatic heterocycles. The smallest absolute Gasteiger partial charge is 0.277 e. The second-order valence-corrected chi connectivity index (χ2v) is 7.71. The molecule has 1 fully saturated rings. The summed E-state index contributed by atoms with van der Waals surface area (Å²) in [6.45, 7) is 1.22. The molecule has 1 aliphatic rings. The molecule has 2 heterocycles. The van der Waals surface area contributed by atoms with E-state index in [4.69, 9.17) is 5.14 Å². The number of carbonyl (C=O) groups excluding carboxylic acids is 1. The molecule has 0 bridgehead atoms. The molecule has 2 N–H and O–H groups in total. The molecular weight excluding hydrogens is 342 g/mol. The summed E-state index contributed by atoms with van der Waals surface area (Å²) >= 11 is 4.75. The molecule has 1 amide bonds. The van der Waals surface area contributed by atoms with E-state index < -0.39 is 10.2 Å². The fourth-order valence-electron chi connectivity index (χ4n) is 1.75. The van der Waals surface area contributed by atoms with Gasteiger partial charge in [0.2, 0.25) is 0 Å². The molecule has 0 aliphatic carbocycles. The minimum Gasteiger partial charge on any atom is -0.336 e. The lowest BCUT2D eigenvalue weighted by atomic mass is 10.2. The van der Waals surface area contributed by atoms with E-state index in [0.29, 0.717) is 18.7 Å². The van der Waals surface area contributed by atoms with Crippen molar-refractivity contribution in [3.8, 4) is 0 Å². The Balaban J connectivity index is 2.00. The normalized spacial score (nSPS) is 18.0. The minimum atomic E-state index is -3.65. The van der Waals surface area contributed by atoms with Crippen LogP contribution < -0.4 is 5.14 Å². The maximum absolute atomic E-state index is 12.1. The van der Waals surface area contributed by atoms with Gasteiger partial charge >= 0.3 is 0 Å². The number of nitrogens with two attached hydrogens (primary N) is 1. The summed E-state index contributed by atoms with van der Waals surface area (Å²) in [6, 6.07) is 1.76. The largest absolute Gasteiger partial charge is 0.336 e. The molecule has 0 aromatic carbocycles. The van der Waals surface area contributed by atoms with Crippen LogP contribution in [-0.4, -0.2) is 49.7 Å². The first-order chi connectivity index (χ1) is 8.38. The monoisotopic (exact) mass is 353 g/mol. The van der Waals surface area contributed by atoms with Crippen molar-refractivity contribution in [2.45, 2.75) is 0 Å². The summed E-state index contributed by atoms with van der Waals surface area (Å²) in [4.78, 5) is 13.7. The van der Waals surface area contributed by atoms with Gasteiger partial charge in [0.25, 0.3) is 16.1 Å². The first-order valence-electron chi connectivity index (χ1n) is 5.19. The van der Waals surface area contributed by atoms with Crippen molar-refractivity contribution < 1.29 is 13.2 Å². The van der Waals surface area contributed by atoms with E-state index >= 15 is 0 Å². The van der Waals surface area contributed by atoms with Gasteiger partial charge in [0.05, 0.1) is 9.35 Å². The number of rotatable bonds is 2. The molecule has 18 heavy (non-hydrogen) atoms. The molecule has 6 nitrogen and oxygen atoms in total. The van der Waals surface area contributed by atoms with E-state index in [1.807, 2.05) is 0 Å². The predicted molar refractivity (Wildman–Crippen MR) is 72.6 cm³/mol. The molecule has 0 spiro atoms. The van der Waals surface area contributed by atoms with Gasteiger partial charge in [-0.05, 0) is 22.0 Å². The van der Waals surface area contributed by atoms with E-state index in [1.165, 1.54) is 15.6 Å². The van der Waals surface area contributed by atoms with Crippen LogP contribution in [0.25, 0.3) is 0 Å². The Morgan fingerprint density at radius 3 is 2.39 bits per heavy atom. The fraction of sp³-hybridized carbons (Fsp3) is 0.444. The number of carbonyl (C=O) groups is 1. The topological polar surface area (TPSA) is 83.7 Å². The Labute approximate surface area is 118 Å². The summed E-state index contributed by atoms with van der Waals surface area (Å²) in [5, 5.41) is 6.81. The molecule has 100 valence electrons. The Morgan fingerprint density at radius 2 is 1.94 bits per heavy atom. The second kappa shape index (κ2) is 5.25. The van der Waals surface area contributed by atoms with Crippen LogP contribution in [-0.2, 0) is 10.2 Å². The van der Waals surface area contributed by atoms with E-state index in [9.17, 15) is 13.2 Å². The van der Waals surface area contributed by atoms with Gasteiger partial charge in [0, 0.05) is 31.6 Å². The van der Waals surface area contributed by atoms with Crippen molar-refractivity contribution in [3.63, 3.8) is 0 Å². The highest BCUT2D eigenvalue weighted by molar-refractivity contribution is 9.11. The summed E-state index contributed by atoms with van der Waals surface area (Å²) in [6.07, 6.45) is 0. The van der Waals surface area contributed by atoms with Crippen molar-refractivity contribution in [2.75, 3.05) is 26.2 Å². The molecule has 0 saturated carbocycles. The molecular formula is C9H12BrN3O3S2. The van der Waals surface area contributed by atoms with Gasteiger partial charge in [-0.15, -0.1) is 11.3 Å². The zero-order valence-corrected chi connectivity index (χ0v) is 12.6. The quantitative estimate of drug-likeness (QED) is 0.838. The Bertz CT molecular complexity index is 549. The average molecular weight is 354 g/mol. The number of amides is 1. The van der Waals surface area contributed by atoms with Crippen LogP contribution in [0.3, 0.4) is 0 Å². The summed E-state index contributed by atoms with van der Waals surface area (Å²) in [7, 11) is -3.65. The zero-order valence-electron chi connectivity index (χ0n) is 9.37. The summed E-state index contributed by atoms with van der Waals surface area (Å²) in [5.74, 6) is -0.0778. The second-order valence-electron chi connectivity index (χ2n) is 3.88.